The second kappa shape index (κ2) is 5.53. The summed E-state index contributed by atoms with van der Waals surface area (Å²) in [4.78, 5) is 11.0. The van der Waals surface area contributed by atoms with Crippen LogP contribution in [0.2, 0.25) is 0 Å². The van der Waals surface area contributed by atoms with Gasteiger partial charge < -0.3 is 14.6 Å². The SMILES string of the molecule is O=C(O)c1cccc(NS(=O)(=O)c2cc3cc(F)ccc3o2)c1O. The zero-order valence-corrected chi connectivity index (χ0v) is 12.7. The number of aromatic hydroxyl groups is 1. The van der Waals surface area contributed by atoms with E-state index in [2.05, 4.69) is 0 Å². The third-order valence-electron chi connectivity index (χ3n) is 3.23. The first-order valence-electron chi connectivity index (χ1n) is 6.55. The number of halogens is 1. The largest absolute Gasteiger partial charge is 0.505 e. The number of benzene rings is 2. The molecule has 0 fully saturated rings. The number of furan rings is 1. The molecule has 1 heterocycles. The minimum Gasteiger partial charge on any atom is -0.505 e. The topological polar surface area (TPSA) is 117 Å². The zero-order chi connectivity index (χ0) is 17.5. The van der Waals surface area contributed by atoms with E-state index in [0.717, 1.165) is 24.3 Å². The van der Waals surface area contributed by atoms with E-state index in [4.69, 9.17) is 9.52 Å². The van der Waals surface area contributed by atoms with Gasteiger partial charge in [0.15, 0.2) is 5.75 Å². The molecule has 7 nitrogen and oxygen atoms in total. The minimum absolute atomic E-state index is 0.167. The monoisotopic (exact) mass is 351 g/mol. The Morgan fingerprint density at radius 1 is 1.17 bits per heavy atom. The average Bonchev–Trinajstić information content (AvgIpc) is 2.93. The lowest BCUT2D eigenvalue weighted by atomic mass is 10.2. The Balaban J connectivity index is 2.02. The summed E-state index contributed by atoms with van der Waals surface area (Å²) in [5.41, 5.74) is -0.608. The molecule has 0 aliphatic rings. The molecule has 0 saturated heterocycles. The van der Waals surface area contributed by atoms with Gasteiger partial charge in [-0.25, -0.2) is 9.18 Å². The van der Waals surface area contributed by atoms with Crippen molar-refractivity contribution in [3.05, 3.63) is 53.8 Å². The van der Waals surface area contributed by atoms with Gasteiger partial charge in [0.25, 0.3) is 10.0 Å². The van der Waals surface area contributed by atoms with Crippen molar-refractivity contribution in [1.82, 2.24) is 0 Å². The van der Waals surface area contributed by atoms with Gasteiger partial charge in [-0.2, -0.15) is 8.42 Å². The summed E-state index contributed by atoms with van der Waals surface area (Å²) in [6.45, 7) is 0. The molecule has 0 spiro atoms. The molecule has 24 heavy (non-hydrogen) atoms. The highest BCUT2D eigenvalue weighted by molar-refractivity contribution is 7.92. The Labute approximate surface area is 135 Å². The molecular weight excluding hydrogens is 341 g/mol. The summed E-state index contributed by atoms with van der Waals surface area (Å²) in [5, 5.41) is 18.5. The lowest BCUT2D eigenvalue weighted by Gasteiger charge is -2.09. The zero-order valence-electron chi connectivity index (χ0n) is 11.9. The number of nitrogens with one attached hydrogen (secondary N) is 1. The maximum Gasteiger partial charge on any atom is 0.339 e. The van der Waals surface area contributed by atoms with Gasteiger partial charge in [-0.05, 0) is 30.3 Å². The normalized spacial score (nSPS) is 11.5. The molecule has 124 valence electrons. The quantitative estimate of drug-likeness (QED) is 0.622. The minimum atomic E-state index is -4.25. The molecule has 0 atom stereocenters. The lowest BCUT2D eigenvalue weighted by molar-refractivity contribution is 0.0694. The fourth-order valence-corrected chi connectivity index (χ4v) is 3.15. The molecule has 0 bridgehead atoms. The number of sulfonamides is 1. The van der Waals surface area contributed by atoms with Gasteiger partial charge in [-0.15, -0.1) is 0 Å². The summed E-state index contributed by atoms with van der Waals surface area (Å²) >= 11 is 0. The summed E-state index contributed by atoms with van der Waals surface area (Å²) in [6.07, 6.45) is 0. The van der Waals surface area contributed by atoms with E-state index in [0.29, 0.717) is 0 Å². The van der Waals surface area contributed by atoms with Crippen molar-refractivity contribution in [2.24, 2.45) is 0 Å². The Hall–Kier alpha value is -3.07. The summed E-state index contributed by atoms with van der Waals surface area (Å²) in [6, 6.07) is 8.24. The first kappa shape index (κ1) is 15.8. The number of para-hydroxylation sites is 1. The van der Waals surface area contributed by atoms with Crippen LogP contribution in [0.4, 0.5) is 10.1 Å². The molecule has 0 radical (unpaired) electrons. The number of carboxylic acid groups (broad SMARTS) is 1. The number of hydrogen-bond donors (Lipinski definition) is 3. The molecule has 0 aliphatic heterocycles. The second-order valence-electron chi connectivity index (χ2n) is 4.86. The van der Waals surface area contributed by atoms with Crippen molar-refractivity contribution in [3.63, 3.8) is 0 Å². The van der Waals surface area contributed by atoms with Crippen LogP contribution in [-0.2, 0) is 10.0 Å². The van der Waals surface area contributed by atoms with E-state index in [1.165, 1.54) is 18.2 Å². The standard InChI is InChI=1S/C15H10FNO6S/c16-9-4-5-12-8(6-9)7-13(23-12)24(21,22)17-11-3-1-2-10(14(11)18)15(19)20/h1-7,17-18H,(H,19,20). The van der Waals surface area contributed by atoms with Crippen LogP contribution in [0.25, 0.3) is 11.0 Å². The van der Waals surface area contributed by atoms with Gasteiger partial charge in [0, 0.05) is 11.5 Å². The Morgan fingerprint density at radius 2 is 1.92 bits per heavy atom. The van der Waals surface area contributed by atoms with E-state index in [1.54, 1.807) is 0 Å². The summed E-state index contributed by atoms with van der Waals surface area (Å²) in [5.74, 6) is -2.68. The first-order valence-corrected chi connectivity index (χ1v) is 8.03. The molecule has 0 aliphatic carbocycles. The molecule has 0 unspecified atom stereocenters. The van der Waals surface area contributed by atoms with Crippen LogP contribution >= 0.6 is 0 Å². The number of anilines is 1. The number of carboxylic acids is 1. The van der Waals surface area contributed by atoms with Gasteiger partial charge in [0.1, 0.15) is 17.0 Å². The lowest BCUT2D eigenvalue weighted by Crippen LogP contribution is -2.13. The average molecular weight is 351 g/mol. The second-order valence-corrected chi connectivity index (χ2v) is 6.47. The number of hydrogen-bond acceptors (Lipinski definition) is 5. The third-order valence-corrected chi connectivity index (χ3v) is 4.45. The number of carbonyl (C=O) groups is 1. The van der Waals surface area contributed by atoms with Crippen molar-refractivity contribution in [2.45, 2.75) is 5.09 Å². The van der Waals surface area contributed by atoms with Crippen LogP contribution in [-0.4, -0.2) is 24.6 Å². The number of rotatable bonds is 4. The van der Waals surface area contributed by atoms with Crippen molar-refractivity contribution >= 4 is 32.6 Å². The molecule has 0 saturated carbocycles. The summed E-state index contributed by atoms with van der Waals surface area (Å²) in [7, 11) is -4.25. The first-order chi connectivity index (χ1) is 11.3. The van der Waals surface area contributed by atoms with Crippen molar-refractivity contribution in [2.75, 3.05) is 4.72 Å². The fourth-order valence-electron chi connectivity index (χ4n) is 2.12. The van der Waals surface area contributed by atoms with Crippen LogP contribution in [0.3, 0.4) is 0 Å². The van der Waals surface area contributed by atoms with Crippen molar-refractivity contribution < 1.29 is 32.2 Å². The van der Waals surface area contributed by atoms with Crippen LogP contribution < -0.4 is 4.72 Å². The highest BCUT2D eigenvalue weighted by Gasteiger charge is 2.23. The molecule has 2 aromatic carbocycles. The highest BCUT2D eigenvalue weighted by Crippen LogP contribution is 2.31. The highest BCUT2D eigenvalue weighted by atomic mass is 32.2. The van der Waals surface area contributed by atoms with Crippen LogP contribution in [0, 0.1) is 5.82 Å². The number of aromatic carboxylic acids is 1. The third kappa shape index (κ3) is 2.76. The number of fused-ring (bicyclic) bond motifs is 1. The predicted molar refractivity (Wildman–Crippen MR) is 82.0 cm³/mol. The molecule has 3 rings (SSSR count). The maximum absolute atomic E-state index is 13.2. The van der Waals surface area contributed by atoms with Gasteiger partial charge >= 0.3 is 5.97 Å². The van der Waals surface area contributed by atoms with E-state index in [9.17, 15) is 22.7 Å². The van der Waals surface area contributed by atoms with Gasteiger partial charge in [-0.1, -0.05) is 6.07 Å². The molecule has 1 aromatic heterocycles. The molecule has 9 heteroatoms. The Bertz CT molecular complexity index is 1060. The van der Waals surface area contributed by atoms with Crippen molar-refractivity contribution in [1.29, 1.82) is 0 Å². The van der Waals surface area contributed by atoms with E-state index >= 15 is 0 Å². The van der Waals surface area contributed by atoms with Crippen LogP contribution in [0.15, 0.2) is 52.0 Å². The molecule has 3 aromatic rings. The predicted octanol–water partition coefficient (Wildman–Crippen LogP) is 2.78. The number of phenols is 1. The van der Waals surface area contributed by atoms with Crippen LogP contribution in [0.1, 0.15) is 10.4 Å². The summed E-state index contributed by atoms with van der Waals surface area (Å²) < 4.78 is 45.0. The molecular formula is C15H10FNO6S. The fraction of sp³-hybridized carbons (Fsp3) is 0. The molecule has 0 amide bonds. The molecule has 3 N–H and O–H groups in total. The van der Waals surface area contributed by atoms with E-state index in [-0.39, 0.29) is 16.7 Å². The van der Waals surface area contributed by atoms with Crippen molar-refractivity contribution in [3.8, 4) is 5.75 Å². The van der Waals surface area contributed by atoms with E-state index < -0.39 is 38.2 Å². The van der Waals surface area contributed by atoms with Crippen LogP contribution in [0.5, 0.6) is 5.75 Å². The van der Waals surface area contributed by atoms with Gasteiger partial charge in [-0.3, -0.25) is 4.72 Å². The smallest absolute Gasteiger partial charge is 0.339 e. The van der Waals surface area contributed by atoms with E-state index in [1.807, 2.05) is 4.72 Å². The maximum atomic E-state index is 13.2. The van der Waals surface area contributed by atoms with Gasteiger partial charge in [0.2, 0.25) is 5.09 Å². The van der Waals surface area contributed by atoms with Gasteiger partial charge in [0.05, 0.1) is 5.69 Å². The Morgan fingerprint density at radius 3 is 2.62 bits per heavy atom. The Kier molecular flexibility index (Phi) is 3.64.